The quantitative estimate of drug-likeness (QED) is 0.0894. The van der Waals surface area contributed by atoms with Crippen molar-refractivity contribution in [1.82, 2.24) is 0 Å². The predicted octanol–water partition coefficient (Wildman–Crippen LogP) is 25.3. The van der Waals surface area contributed by atoms with Crippen molar-refractivity contribution >= 4 is 49.0 Å². The van der Waals surface area contributed by atoms with Crippen molar-refractivity contribution in [2.75, 3.05) is 0 Å². The highest BCUT2D eigenvalue weighted by Crippen LogP contribution is 2.37. The number of aryl methyl sites for hydroxylation is 6. The van der Waals surface area contributed by atoms with Gasteiger partial charge in [0.1, 0.15) is 0 Å². The van der Waals surface area contributed by atoms with Crippen LogP contribution in [0.15, 0.2) is 255 Å². The summed E-state index contributed by atoms with van der Waals surface area (Å²) in [7, 11) is 0. The number of benzene rings is 11. The van der Waals surface area contributed by atoms with Crippen molar-refractivity contribution in [2.24, 2.45) is 0 Å². The van der Waals surface area contributed by atoms with E-state index in [1.54, 1.807) is 0 Å². The Labute approximate surface area is 507 Å². The molecule has 0 aliphatic carbocycles. The van der Waals surface area contributed by atoms with Crippen molar-refractivity contribution in [3.8, 4) is 33.4 Å². The molecule has 0 fully saturated rings. The van der Waals surface area contributed by atoms with Gasteiger partial charge in [-0.2, -0.15) is 0 Å². The third-order valence-electron chi connectivity index (χ3n) is 14.9. The Morgan fingerprint density at radius 3 is 1.31 bits per heavy atom. The van der Waals surface area contributed by atoms with Crippen LogP contribution >= 0.6 is 0 Å². The van der Waals surface area contributed by atoms with Crippen molar-refractivity contribution in [2.45, 2.75) is 123 Å². The van der Waals surface area contributed by atoms with Gasteiger partial charge in [-0.05, 0) is 199 Å². The predicted molar refractivity (Wildman–Crippen MR) is 377 cm³/mol. The lowest BCUT2D eigenvalue weighted by Gasteiger charge is -2.15. The topological polar surface area (TPSA) is 0 Å². The standard InChI is InChI=1S/C29H28.C28H28.C20H16.C3H8.2C2H6/c1-5-23-16-17-25(19-29(23)27-13-9-7-11-21(27)3)24-15-14-22(4)28(18-24)26-12-8-6-10-20(26)2;1-4-12-26(25-16-9-6-10-17-25)21-28(27-18-11-13-22(2)19-27)20-23(3)24-14-7-5-8-15-24;1-2-14-11-12-19-17-9-4-3-7-15(17)16-8-5-6-10-18(16)20(19)13-14;1-3-2;2*1-2/h6-19H,5H2,1-4H3;5-21H,4H2,1-3H3;3-13H,2H2,1H3;3H2,1-2H3;2*1-2H3/b;23-20+,26-12+,28-21+;;;;. The fraction of sp³-hybridized carbons (Fsp3) is 0.214. The Morgan fingerprint density at radius 1 is 0.333 bits per heavy atom. The lowest BCUT2D eigenvalue weighted by molar-refractivity contribution is 1.09. The van der Waals surface area contributed by atoms with Crippen LogP contribution in [0, 0.1) is 27.7 Å². The molecule has 0 amide bonds. The zero-order chi connectivity index (χ0) is 60.4. The number of fused-ring (bicyclic) bond motifs is 6. The molecule has 0 N–H and O–H groups in total. The molecule has 0 nitrogen and oxygen atoms in total. The maximum atomic E-state index is 2.37. The second kappa shape index (κ2) is 33.5. The van der Waals surface area contributed by atoms with Crippen LogP contribution in [0.25, 0.3) is 82.4 Å². The van der Waals surface area contributed by atoms with Crippen LogP contribution in [0.2, 0.25) is 0 Å². The molecule has 0 atom stereocenters. The Hall–Kier alpha value is -8.58. The molecule has 0 saturated heterocycles. The van der Waals surface area contributed by atoms with E-state index in [-0.39, 0.29) is 0 Å². The molecule has 0 saturated carbocycles. The third-order valence-corrected chi connectivity index (χ3v) is 14.9. The van der Waals surface area contributed by atoms with E-state index in [1.807, 2.05) is 27.7 Å². The highest BCUT2D eigenvalue weighted by atomic mass is 14.2. The highest BCUT2D eigenvalue weighted by molar-refractivity contribution is 6.25. The smallest absolute Gasteiger partial charge is 0.00962 e. The van der Waals surface area contributed by atoms with Crippen molar-refractivity contribution in [1.29, 1.82) is 0 Å². The molecule has 0 unspecified atom stereocenters. The van der Waals surface area contributed by atoms with Gasteiger partial charge >= 0.3 is 0 Å². The Kier molecular flexibility index (Phi) is 25.8. The van der Waals surface area contributed by atoms with E-state index in [4.69, 9.17) is 0 Å². The van der Waals surface area contributed by atoms with Gasteiger partial charge in [-0.3, -0.25) is 0 Å². The molecule has 0 spiro atoms. The first kappa shape index (κ1) is 64.6. The van der Waals surface area contributed by atoms with Crippen LogP contribution in [-0.2, 0) is 12.8 Å². The highest BCUT2D eigenvalue weighted by Gasteiger charge is 2.13. The van der Waals surface area contributed by atoms with Crippen molar-refractivity contribution in [3.05, 3.63) is 305 Å². The van der Waals surface area contributed by atoms with Crippen LogP contribution in [0.4, 0.5) is 0 Å². The van der Waals surface area contributed by atoms with Gasteiger partial charge in [0.15, 0.2) is 0 Å². The molecule has 0 heteroatoms. The molecule has 0 aromatic heterocycles. The summed E-state index contributed by atoms with van der Waals surface area (Å²) in [5.74, 6) is 0. The minimum absolute atomic E-state index is 1.00. The SMILES string of the molecule is CC.CC.CCC.CC\C=C(/C=C(\C=C(/C)c1ccccc1)c1cccc(C)c1)c1ccccc1.CCc1ccc(-c2ccc(C)c(-c3ccccc3C)c2)cc1-c1ccccc1C.CCc1ccc2c3ccccc3c3ccccc3c2c1. The third kappa shape index (κ3) is 16.8. The van der Waals surface area contributed by atoms with E-state index in [9.17, 15) is 0 Å². The fourth-order valence-corrected chi connectivity index (χ4v) is 10.7. The number of rotatable bonds is 11. The number of allylic oxidation sites excluding steroid dienone is 6. The Bertz CT molecular complexity index is 3880. The summed E-state index contributed by atoms with van der Waals surface area (Å²) in [6.45, 7) is 29.8. The molecule has 0 heterocycles. The average Bonchev–Trinajstić information content (AvgIpc) is 2.06. The summed E-state index contributed by atoms with van der Waals surface area (Å²) in [5.41, 5.74) is 23.4. The van der Waals surface area contributed by atoms with E-state index in [1.165, 1.54) is 139 Å². The van der Waals surface area contributed by atoms with Gasteiger partial charge in [0.2, 0.25) is 0 Å². The minimum Gasteiger partial charge on any atom is -0.0769 e. The van der Waals surface area contributed by atoms with Gasteiger partial charge in [0.05, 0.1) is 0 Å². The molecule has 0 aliphatic rings. The second-order valence-corrected chi connectivity index (χ2v) is 21.0. The van der Waals surface area contributed by atoms with Crippen LogP contribution in [0.5, 0.6) is 0 Å². The zero-order valence-electron chi connectivity index (χ0n) is 53.1. The Morgan fingerprint density at radius 2 is 0.786 bits per heavy atom. The molecule has 11 aromatic rings. The van der Waals surface area contributed by atoms with Crippen LogP contribution in [-0.4, -0.2) is 0 Å². The molecule has 0 bridgehead atoms. The van der Waals surface area contributed by atoms with E-state index in [0.29, 0.717) is 0 Å². The maximum Gasteiger partial charge on any atom is -0.00962 e. The summed E-state index contributed by atoms with van der Waals surface area (Å²) in [6.07, 6.45) is 11.3. The van der Waals surface area contributed by atoms with E-state index >= 15 is 0 Å². The largest absolute Gasteiger partial charge is 0.0769 e. The van der Waals surface area contributed by atoms with Gasteiger partial charge in [-0.1, -0.05) is 311 Å². The number of hydrogen-bond donors (Lipinski definition) is 0. The molecule has 84 heavy (non-hydrogen) atoms. The van der Waals surface area contributed by atoms with E-state index in [0.717, 1.165) is 19.3 Å². The first-order valence-corrected chi connectivity index (χ1v) is 31.0. The monoisotopic (exact) mass is 1100 g/mol. The van der Waals surface area contributed by atoms with Gasteiger partial charge < -0.3 is 0 Å². The number of hydrogen-bond acceptors (Lipinski definition) is 0. The average molecular weight is 1100 g/mol. The summed E-state index contributed by atoms with van der Waals surface area (Å²) < 4.78 is 0. The molecular weight excluding hydrogens is 1010 g/mol. The van der Waals surface area contributed by atoms with Gasteiger partial charge in [-0.25, -0.2) is 0 Å². The summed E-state index contributed by atoms with van der Waals surface area (Å²) in [5, 5.41) is 8.14. The molecule has 11 aromatic carbocycles. The van der Waals surface area contributed by atoms with Crippen LogP contribution < -0.4 is 0 Å². The lowest BCUT2D eigenvalue weighted by Crippen LogP contribution is -1.92. The fourth-order valence-electron chi connectivity index (χ4n) is 10.7. The first-order valence-electron chi connectivity index (χ1n) is 31.0. The second-order valence-electron chi connectivity index (χ2n) is 21.0. The zero-order valence-corrected chi connectivity index (χ0v) is 53.1. The van der Waals surface area contributed by atoms with Gasteiger partial charge in [0.25, 0.3) is 0 Å². The summed E-state index contributed by atoms with van der Waals surface area (Å²) in [4.78, 5) is 0. The van der Waals surface area contributed by atoms with Gasteiger partial charge in [0, 0.05) is 0 Å². The molecule has 11 rings (SSSR count). The first-order chi connectivity index (χ1) is 41.0. The molecule has 0 radical (unpaired) electrons. The summed E-state index contributed by atoms with van der Waals surface area (Å²) in [6, 6.07) is 85.4. The van der Waals surface area contributed by atoms with Crippen molar-refractivity contribution in [3.63, 3.8) is 0 Å². The van der Waals surface area contributed by atoms with Gasteiger partial charge in [-0.15, -0.1) is 0 Å². The van der Waals surface area contributed by atoms with Crippen LogP contribution in [0.3, 0.4) is 0 Å². The lowest BCUT2D eigenvalue weighted by atomic mass is 9.89. The minimum atomic E-state index is 1.00. The Balaban J connectivity index is 0.000000194. The normalized spacial score (nSPS) is 11.1. The molecular formula is C84H92. The van der Waals surface area contributed by atoms with Crippen LogP contribution in [0.1, 0.15) is 132 Å². The summed E-state index contributed by atoms with van der Waals surface area (Å²) >= 11 is 0. The maximum absolute atomic E-state index is 2.37. The molecule has 0 aliphatic heterocycles. The van der Waals surface area contributed by atoms with E-state index in [2.05, 4.69) is 324 Å². The van der Waals surface area contributed by atoms with Crippen molar-refractivity contribution < 1.29 is 0 Å². The van der Waals surface area contributed by atoms with E-state index < -0.39 is 0 Å². The molecule has 428 valence electrons.